The highest BCUT2D eigenvalue weighted by molar-refractivity contribution is 7.90. The molecule has 100 valence electrons. The summed E-state index contributed by atoms with van der Waals surface area (Å²) in [5.74, 6) is 0.217. The van der Waals surface area contributed by atoms with Crippen LogP contribution in [0.1, 0.15) is 30.4 Å². The average Bonchev–Trinajstić information content (AvgIpc) is 2.26. The highest BCUT2D eigenvalue weighted by Gasteiger charge is 2.36. The number of benzene rings is 1. The van der Waals surface area contributed by atoms with Crippen LogP contribution in [-0.2, 0) is 21.7 Å². The Bertz CT molecular complexity index is 496. The number of hydrogen-bond acceptors (Lipinski definition) is 3. The minimum Gasteiger partial charge on any atom is -0.330 e. The molecule has 18 heavy (non-hydrogen) atoms. The third kappa shape index (κ3) is 2.93. The van der Waals surface area contributed by atoms with Crippen LogP contribution in [0.3, 0.4) is 0 Å². The smallest absolute Gasteiger partial charge is 0.147 e. The maximum absolute atomic E-state index is 11.1. The molecule has 3 nitrogen and oxygen atoms in total. The van der Waals surface area contributed by atoms with E-state index in [-0.39, 0.29) is 11.2 Å². The van der Waals surface area contributed by atoms with Gasteiger partial charge >= 0.3 is 0 Å². The van der Waals surface area contributed by atoms with Crippen LogP contribution >= 0.6 is 0 Å². The van der Waals surface area contributed by atoms with E-state index in [1.54, 1.807) is 0 Å². The van der Waals surface area contributed by atoms with Gasteiger partial charge in [0.1, 0.15) is 9.84 Å². The largest absolute Gasteiger partial charge is 0.330 e. The van der Waals surface area contributed by atoms with E-state index in [0.29, 0.717) is 13.0 Å². The van der Waals surface area contributed by atoms with Gasteiger partial charge in [-0.1, -0.05) is 30.7 Å². The molecule has 1 saturated carbocycles. The Hall–Kier alpha value is -0.870. The van der Waals surface area contributed by atoms with Crippen molar-refractivity contribution in [1.82, 2.24) is 0 Å². The summed E-state index contributed by atoms with van der Waals surface area (Å²) in [6, 6.07) is 8.31. The molecule has 0 heterocycles. The second kappa shape index (κ2) is 5.02. The molecule has 0 unspecified atom stereocenters. The van der Waals surface area contributed by atoms with Crippen molar-refractivity contribution in [1.29, 1.82) is 0 Å². The minimum absolute atomic E-state index is 0.190. The van der Waals surface area contributed by atoms with Crippen molar-refractivity contribution < 1.29 is 8.42 Å². The van der Waals surface area contributed by atoms with Crippen molar-refractivity contribution >= 4 is 9.84 Å². The van der Waals surface area contributed by atoms with Crippen molar-refractivity contribution in [2.75, 3.05) is 18.6 Å². The maximum Gasteiger partial charge on any atom is 0.147 e. The van der Waals surface area contributed by atoms with Crippen LogP contribution in [0.15, 0.2) is 24.3 Å². The zero-order valence-corrected chi connectivity index (χ0v) is 11.7. The standard InChI is InChI=1S/C14H21NO2S/c1-18(16,17)10-7-12-3-5-13(6-4-12)14(11-15)8-2-9-14/h3-6H,2,7-11,15H2,1H3. The molecule has 4 heteroatoms. The lowest BCUT2D eigenvalue weighted by Crippen LogP contribution is -2.41. The molecule has 0 saturated heterocycles. The summed E-state index contributed by atoms with van der Waals surface area (Å²) in [4.78, 5) is 0. The molecule has 0 aliphatic heterocycles. The molecule has 2 N–H and O–H groups in total. The van der Waals surface area contributed by atoms with Crippen LogP contribution < -0.4 is 5.73 Å². The molecule has 2 rings (SSSR count). The number of hydrogen-bond donors (Lipinski definition) is 1. The van der Waals surface area contributed by atoms with Gasteiger partial charge in [-0.05, 0) is 30.4 Å². The first-order chi connectivity index (χ1) is 8.45. The third-order valence-corrected chi connectivity index (χ3v) is 4.97. The van der Waals surface area contributed by atoms with Crippen molar-refractivity contribution in [3.8, 4) is 0 Å². The van der Waals surface area contributed by atoms with Crippen LogP contribution in [-0.4, -0.2) is 27.0 Å². The van der Waals surface area contributed by atoms with Crippen LogP contribution in [0.25, 0.3) is 0 Å². The van der Waals surface area contributed by atoms with Crippen molar-refractivity contribution in [2.45, 2.75) is 31.1 Å². The molecular formula is C14H21NO2S. The third-order valence-electron chi connectivity index (χ3n) is 4.03. The van der Waals surface area contributed by atoms with E-state index in [1.165, 1.54) is 31.1 Å². The first-order valence-corrected chi connectivity index (χ1v) is 8.48. The monoisotopic (exact) mass is 267 g/mol. The van der Waals surface area contributed by atoms with Gasteiger partial charge in [0.05, 0.1) is 5.75 Å². The van der Waals surface area contributed by atoms with Gasteiger partial charge in [0.15, 0.2) is 0 Å². The summed E-state index contributed by atoms with van der Waals surface area (Å²) < 4.78 is 22.2. The van der Waals surface area contributed by atoms with Crippen molar-refractivity contribution in [2.24, 2.45) is 5.73 Å². The minimum atomic E-state index is -2.88. The molecule has 1 aromatic carbocycles. The molecule has 1 fully saturated rings. The summed E-state index contributed by atoms with van der Waals surface area (Å²) in [5.41, 5.74) is 8.45. The van der Waals surface area contributed by atoms with Crippen LogP contribution in [0, 0.1) is 0 Å². The zero-order chi connectivity index (χ0) is 13.2. The molecule has 0 spiro atoms. The Morgan fingerprint density at radius 1 is 1.22 bits per heavy atom. The SMILES string of the molecule is CS(=O)(=O)CCc1ccc(C2(CN)CCC2)cc1. The average molecular weight is 267 g/mol. The first kappa shape index (κ1) is 13.6. The summed E-state index contributed by atoms with van der Waals surface area (Å²) in [5, 5.41) is 0. The molecule has 0 radical (unpaired) electrons. The van der Waals surface area contributed by atoms with Gasteiger partial charge in [0, 0.05) is 18.2 Å². The highest BCUT2D eigenvalue weighted by atomic mass is 32.2. The normalized spacial score (nSPS) is 18.3. The predicted octanol–water partition coefficient (Wildman–Crippen LogP) is 1.65. The van der Waals surface area contributed by atoms with Crippen molar-refractivity contribution in [3.05, 3.63) is 35.4 Å². The van der Waals surface area contributed by atoms with E-state index in [0.717, 1.165) is 5.56 Å². The number of sulfone groups is 1. The number of rotatable bonds is 5. The van der Waals surface area contributed by atoms with Crippen LogP contribution in [0.4, 0.5) is 0 Å². The van der Waals surface area contributed by atoms with Gasteiger partial charge in [-0.15, -0.1) is 0 Å². The molecule has 0 amide bonds. The summed E-state index contributed by atoms with van der Waals surface area (Å²) >= 11 is 0. The van der Waals surface area contributed by atoms with Gasteiger partial charge in [0.2, 0.25) is 0 Å². The van der Waals surface area contributed by atoms with E-state index in [2.05, 4.69) is 12.1 Å². The fourth-order valence-electron chi connectivity index (χ4n) is 2.54. The van der Waals surface area contributed by atoms with Crippen molar-refractivity contribution in [3.63, 3.8) is 0 Å². The lowest BCUT2D eigenvalue weighted by molar-refractivity contribution is 0.253. The predicted molar refractivity (Wildman–Crippen MR) is 74.4 cm³/mol. The lowest BCUT2D eigenvalue weighted by Gasteiger charge is -2.41. The molecule has 0 atom stereocenters. The quantitative estimate of drug-likeness (QED) is 0.882. The molecule has 1 aromatic rings. The molecule has 1 aliphatic carbocycles. The highest BCUT2D eigenvalue weighted by Crippen LogP contribution is 2.42. The van der Waals surface area contributed by atoms with E-state index in [4.69, 9.17) is 5.73 Å². The molecular weight excluding hydrogens is 246 g/mol. The van der Waals surface area contributed by atoms with Crippen LogP contribution in [0.2, 0.25) is 0 Å². The van der Waals surface area contributed by atoms with Gasteiger partial charge in [-0.3, -0.25) is 0 Å². The van der Waals surface area contributed by atoms with Crippen LogP contribution in [0.5, 0.6) is 0 Å². The van der Waals surface area contributed by atoms with E-state index >= 15 is 0 Å². The fraction of sp³-hybridized carbons (Fsp3) is 0.571. The van der Waals surface area contributed by atoms with E-state index < -0.39 is 9.84 Å². The molecule has 0 aromatic heterocycles. The Labute approximate surface area is 109 Å². The Morgan fingerprint density at radius 2 is 1.83 bits per heavy atom. The Balaban J connectivity index is 2.06. The second-order valence-electron chi connectivity index (χ2n) is 5.41. The molecule has 1 aliphatic rings. The lowest BCUT2D eigenvalue weighted by atomic mass is 9.64. The summed E-state index contributed by atoms with van der Waals surface area (Å²) in [6.45, 7) is 0.704. The topological polar surface area (TPSA) is 60.2 Å². The van der Waals surface area contributed by atoms with E-state index in [9.17, 15) is 8.42 Å². The van der Waals surface area contributed by atoms with Gasteiger partial charge in [-0.2, -0.15) is 0 Å². The molecule has 0 bridgehead atoms. The van der Waals surface area contributed by atoms with Gasteiger partial charge < -0.3 is 5.73 Å². The number of nitrogens with two attached hydrogens (primary N) is 1. The Morgan fingerprint density at radius 3 is 2.22 bits per heavy atom. The zero-order valence-electron chi connectivity index (χ0n) is 10.9. The van der Waals surface area contributed by atoms with E-state index in [1.807, 2.05) is 12.1 Å². The maximum atomic E-state index is 11.1. The van der Waals surface area contributed by atoms with Gasteiger partial charge in [-0.25, -0.2) is 8.42 Å². The summed E-state index contributed by atoms with van der Waals surface area (Å²) in [7, 11) is -2.88. The van der Waals surface area contributed by atoms with Gasteiger partial charge in [0.25, 0.3) is 0 Å². The summed E-state index contributed by atoms with van der Waals surface area (Å²) in [6.07, 6.45) is 5.47. The second-order valence-corrected chi connectivity index (χ2v) is 7.67. The fourth-order valence-corrected chi connectivity index (χ4v) is 3.15. The first-order valence-electron chi connectivity index (χ1n) is 6.42. The number of aryl methyl sites for hydroxylation is 1. The Kier molecular flexibility index (Phi) is 3.78.